The van der Waals surface area contributed by atoms with Gasteiger partial charge in [0.25, 0.3) is 0 Å². The summed E-state index contributed by atoms with van der Waals surface area (Å²) in [5, 5.41) is 0. The summed E-state index contributed by atoms with van der Waals surface area (Å²) >= 11 is 0. The van der Waals surface area contributed by atoms with Gasteiger partial charge in [0, 0.05) is 12.7 Å². The van der Waals surface area contributed by atoms with Crippen molar-refractivity contribution in [2.75, 3.05) is 0 Å². The van der Waals surface area contributed by atoms with Gasteiger partial charge in [0.2, 0.25) is 0 Å². The molecule has 0 aliphatic heterocycles. The van der Waals surface area contributed by atoms with E-state index in [4.69, 9.17) is 0 Å². The number of pyridine rings is 1. The number of benzene rings is 1. The zero-order valence-electron chi connectivity index (χ0n) is 10.7. The van der Waals surface area contributed by atoms with Gasteiger partial charge in [-0.05, 0) is 31.2 Å². The lowest BCUT2D eigenvalue weighted by atomic mass is 10.3. The summed E-state index contributed by atoms with van der Waals surface area (Å²) in [5.41, 5.74) is 2.12. The summed E-state index contributed by atoms with van der Waals surface area (Å²) in [6.45, 7) is 2.97. The predicted molar refractivity (Wildman–Crippen MR) is 76.9 cm³/mol. The Morgan fingerprint density at radius 2 is 2.00 bits per heavy atom. The van der Waals surface area contributed by atoms with Gasteiger partial charge in [0.05, 0.1) is 17.2 Å². The van der Waals surface area contributed by atoms with E-state index < -0.39 is 0 Å². The highest BCUT2D eigenvalue weighted by Crippen LogP contribution is 2.15. The van der Waals surface area contributed by atoms with Gasteiger partial charge in [0.1, 0.15) is 0 Å². The molecule has 0 bridgehead atoms. The van der Waals surface area contributed by atoms with Gasteiger partial charge in [-0.3, -0.25) is 0 Å². The van der Waals surface area contributed by atoms with Crippen LogP contribution in [-0.2, 0) is 6.54 Å². The fourth-order valence-electron chi connectivity index (χ4n) is 2.08. The van der Waals surface area contributed by atoms with E-state index in [0.717, 1.165) is 23.4 Å². The summed E-state index contributed by atoms with van der Waals surface area (Å²) in [7, 11) is 0. The van der Waals surface area contributed by atoms with Crippen molar-refractivity contribution in [3.05, 3.63) is 54.5 Å². The van der Waals surface area contributed by atoms with Crippen LogP contribution in [0, 0.1) is 0 Å². The van der Waals surface area contributed by atoms with Gasteiger partial charge in [-0.1, -0.05) is 18.2 Å². The number of hydrogen-bond acceptors (Lipinski definition) is 3. The fourth-order valence-corrected chi connectivity index (χ4v) is 2.08. The molecule has 4 heteroatoms. The molecule has 4 nitrogen and oxygen atoms in total. The predicted octanol–water partition coefficient (Wildman–Crippen LogP) is 3.20. The molecule has 3 aromatic rings. The van der Waals surface area contributed by atoms with Gasteiger partial charge in [0.15, 0.2) is 11.6 Å². The third kappa shape index (κ3) is 2.25. The number of fused-ring (bicyclic) bond motifs is 1. The van der Waals surface area contributed by atoms with Crippen LogP contribution in [0.3, 0.4) is 0 Å². The summed E-state index contributed by atoms with van der Waals surface area (Å²) in [6.07, 6.45) is 3.50. The van der Waals surface area contributed by atoms with Crippen molar-refractivity contribution in [2.24, 2.45) is 4.99 Å². The number of aryl methyl sites for hydroxylation is 1. The van der Waals surface area contributed by atoms with Crippen molar-refractivity contribution < 1.29 is 0 Å². The molecule has 0 fully saturated rings. The van der Waals surface area contributed by atoms with E-state index in [0.29, 0.717) is 5.82 Å². The molecule has 0 atom stereocenters. The lowest BCUT2D eigenvalue weighted by Gasteiger charge is -2.01. The number of aromatic nitrogens is 3. The molecular formula is C15H14N4. The van der Waals surface area contributed by atoms with Gasteiger partial charge >= 0.3 is 0 Å². The standard InChI is InChI=1S/C15H14N4/c1-2-19-13-8-4-3-7-12(13)18-15(19)11-17-14-9-5-6-10-16-14/h3-11H,2H2,1H3. The van der Waals surface area contributed by atoms with Crippen molar-refractivity contribution in [3.63, 3.8) is 0 Å². The molecule has 0 aliphatic rings. The Balaban J connectivity index is 2.03. The summed E-state index contributed by atoms with van der Waals surface area (Å²) < 4.78 is 2.14. The van der Waals surface area contributed by atoms with Crippen LogP contribution in [0.1, 0.15) is 12.7 Å². The van der Waals surface area contributed by atoms with Gasteiger partial charge in [-0.15, -0.1) is 0 Å². The number of aliphatic imine (C=N–C) groups is 1. The third-order valence-electron chi connectivity index (χ3n) is 2.96. The number of hydrogen-bond donors (Lipinski definition) is 0. The summed E-state index contributed by atoms with van der Waals surface area (Å²) in [5.74, 6) is 1.55. The molecule has 19 heavy (non-hydrogen) atoms. The molecule has 2 aromatic heterocycles. The van der Waals surface area contributed by atoms with Crippen LogP contribution in [0.2, 0.25) is 0 Å². The minimum atomic E-state index is 0.692. The van der Waals surface area contributed by atoms with E-state index in [2.05, 4.69) is 32.5 Å². The highest BCUT2D eigenvalue weighted by Gasteiger charge is 2.06. The molecular weight excluding hydrogens is 236 g/mol. The van der Waals surface area contributed by atoms with E-state index in [1.165, 1.54) is 0 Å². The van der Waals surface area contributed by atoms with Crippen LogP contribution in [0.15, 0.2) is 53.7 Å². The smallest absolute Gasteiger partial charge is 0.152 e. The number of rotatable bonds is 3. The average molecular weight is 250 g/mol. The normalized spacial score (nSPS) is 11.4. The number of nitrogens with zero attached hydrogens (tertiary/aromatic N) is 4. The quantitative estimate of drug-likeness (QED) is 0.670. The minimum Gasteiger partial charge on any atom is -0.323 e. The first-order valence-electron chi connectivity index (χ1n) is 6.29. The Morgan fingerprint density at radius 3 is 2.79 bits per heavy atom. The van der Waals surface area contributed by atoms with Crippen LogP contribution in [-0.4, -0.2) is 20.7 Å². The molecule has 0 radical (unpaired) electrons. The fraction of sp³-hybridized carbons (Fsp3) is 0.133. The maximum atomic E-state index is 4.58. The SMILES string of the molecule is CCn1c(C=Nc2ccccn2)nc2ccccc21. The molecule has 0 saturated carbocycles. The van der Waals surface area contributed by atoms with E-state index in [1.807, 2.05) is 36.4 Å². The van der Waals surface area contributed by atoms with Crippen LogP contribution >= 0.6 is 0 Å². The van der Waals surface area contributed by atoms with E-state index in [-0.39, 0.29) is 0 Å². The number of para-hydroxylation sites is 2. The van der Waals surface area contributed by atoms with E-state index in [1.54, 1.807) is 12.4 Å². The Kier molecular flexibility index (Phi) is 3.06. The molecule has 0 amide bonds. The Hall–Kier alpha value is -2.49. The van der Waals surface area contributed by atoms with Crippen molar-refractivity contribution >= 4 is 23.1 Å². The molecule has 0 aliphatic carbocycles. The van der Waals surface area contributed by atoms with Gasteiger partial charge in [-0.25, -0.2) is 15.0 Å². The third-order valence-corrected chi connectivity index (χ3v) is 2.96. The van der Waals surface area contributed by atoms with Crippen molar-refractivity contribution in [1.29, 1.82) is 0 Å². The monoisotopic (exact) mass is 250 g/mol. The first-order valence-corrected chi connectivity index (χ1v) is 6.29. The van der Waals surface area contributed by atoms with Crippen molar-refractivity contribution in [2.45, 2.75) is 13.5 Å². The summed E-state index contributed by atoms with van der Waals surface area (Å²) in [6, 6.07) is 13.8. The van der Waals surface area contributed by atoms with E-state index in [9.17, 15) is 0 Å². The molecule has 94 valence electrons. The molecule has 0 unspecified atom stereocenters. The zero-order valence-corrected chi connectivity index (χ0v) is 10.7. The average Bonchev–Trinajstić information content (AvgIpc) is 2.83. The van der Waals surface area contributed by atoms with Crippen LogP contribution in [0.5, 0.6) is 0 Å². The van der Waals surface area contributed by atoms with Crippen molar-refractivity contribution in [1.82, 2.24) is 14.5 Å². The first-order chi connectivity index (χ1) is 9.38. The largest absolute Gasteiger partial charge is 0.323 e. The maximum absolute atomic E-state index is 4.58. The number of imidazole rings is 1. The topological polar surface area (TPSA) is 43.1 Å². The van der Waals surface area contributed by atoms with Crippen molar-refractivity contribution in [3.8, 4) is 0 Å². The van der Waals surface area contributed by atoms with E-state index >= 15 is 0 Å². The molecule has 0 spiro atoms. The lowest BCUT2D eigenvalue weighted by Crippen LogP contribution is -2.00. The molecule has 3 rings (SSSR count). The molecule has 2 heterocycles. The molecule has 0 saturated heterocycles. The van der Waals surface area contributed by atoms with Gasteiger partial charge in [-0.2, -0.15) is 0 Å². The Bertz CT molecular complexity index is 713. The second kappa shape index (κ2) is 5.02. The highest BCUT2D eigenvalue weighted by atomic mass is 15.1. The van der Waals surface area contributed by atoms with Crippen LogP contribution < -0.4 is 0 Å². The maximum Gasteiger partial charge on any atom is 0.152 e. The molecule has 1 aromatic carbocycles. The van der Waals surface area contributed by atoms with Gasteiger partial charge < -0.3 is 4.57 Å². The first kappa shape index (κ1) is 11.6. The summed E-state index contributed by atoms with van der Waals surface area (Å²) in [4.78, 5) is 13.1. The second-order valence-corrected chi connectivity index (χ2v) is 4.15. The highest BCUT2D eigenvalue weighted by molar-refractivity contribution is 5.85. The zero-order chi connectivity index (χ0) is 13.1. The van der Waals surface area contributed by atoms with Crippen LogP contribution in [0.4, 0.5) is 5.82 Å². The second-order valence-electron chi connectivity index (χ2n) is 4.15. The minimum absolute atomic E-state index is 0.692. The lowest BCUT2D eigenvalue weighted by molar-refractivity contribution is 0.780. The molecule has 0 N–H and O–H groups in total. The Labute approximate surface area is 111 Å². The van der Waals surface area contributed by atoms with Crippen LogP contribution in [0.25, 0.3) is 11.0 Å². The Morgan fingerprint density at radius 1 is 1.16 bits per heavy atom.